The molecule has 4 aromatic rings. The molecule has 6 heteroatoms. The summed E-state index contributed by atoms with van der Waals surface area (Å²) in [6.45, 7) is 0. The van der Waals surface area contributed by atoms with Gasteiger partial charge in [0.05, 0.1) is 21.8 Å². The van der Waals surface area contributed by atoms with Crippen LogP contribution in [0.5, 0.6) is 5.75 Å². The van der Waals surface area contributed by atoms with E-state index in [9.17, 15) is 5.11 Å². The van der Waals surface area contributed by atoms with Crippen LogP contribution in [0.3, 0.4) is 0 Å². The fraction of sp³-hybridized carbons (Fsp3) is 0.0526. The van der Waals surface area contributed by atoms with Crippen LogP contribution in [0.15, 0.2) is 60.9 Å². The largest absolute Gasteiger partial charge is 0.508 e. The van der Waals surface area contributed by atoms with Crippen molar-refractivity contribution in [1.82, 2.24) is 14.5 Å². The van der Waals surface area contributed by atoms with Gasteiger partial charge in [0.15, 0.2) is 0 Å². The second-order valence-electron chi connectivity index (χ2n) is 5.70. The van der Waals surface area contributed by atoms with Gasteiger partial charge in [-0.05, 0) is 48.0 Å². The van der Waals surface area contributed by atoms with Gasteiger partial charge in [0.1, 0.15) is 23.5 Å². The summed E-state index contributed by atoms with van der Waals surface area (Å²) in [4.78, 5) is 8.77. The first kappa shape index (κ1) is 15.5. The Morgan fingerprint density at radius 1 is 1.04 bits per heavy atom. The first-order valence-corrected chi connectivity index (χ1v) is 8.12. The highest BCUT2D eigenvalue weighted by molar-refractivity contribution is 6.33. The van der Waals surface area contributed by atoms with Gasteiger partial charge in [-0.2, -0.15) is 0 Å². The van der Waals surface area contributed by atoms with E-state index >= 15 is 0 Å². The maximum Gasteiger partial charge on any atom is 0.145 e. The molecule has 2 heterocycles. The molecular formula is C19H15ClN4O. The topological polar surface area (TPSA) is 63.0 Å². The molecule has 0 saturated carbocycles. The highest BCUT2D eigenvalue weighted by Gasteiger charge is 2.14. The van der Waals surface area contributed by atoms with E-state index in [-0.39, 0.29) is 5.75 Å². The van der Waals surface area contributed by atoms with Crippen LogP contribution in [0.25, 0.3) is 22.3 Å². The third-order valence-electron chi connectivity index (χ3n) is 4.11. The van der Waals surface area contributed by atoms with Crippen LogP contribution in [0, 0.1) is 0 Å². The van der Waals surface area contributed by atoms with Crippen molar-refractivity contribution >= 4 is 34.1 Å². The van der Waals surface area contributed by atoms with Crippen LogP contribution < -0.4 is 5.32 Å². The van der Waals surface area contributed by atoms with Crippen LogP contribution >= 0.6 is 11.6 Å². The van der Waals surface area contributed by atoms with Gasteiger partial charge < -0.3 is 15.0 Å². The minimum Gasteiger partial charge on any atom is -0.508 e. The number of hydrogen-bond acceptors (Lipinski definition) is 4. The summed E-state index contributed by atoms with van der Waals surface area (Å²) >= 11 is 6.24. The number of rotatable bonds is 3. The van der Waals surface area contributed by atoms with Crippen LogP contribution in [0.2, 0.25) is 5.02 Å². The van der Waals surface area contributed by atoms with E-state index in [0.717, 1.165) is 28.0 Å². The zero-order valence-electron chi connectivity index (χ0n) is 13.4. The van der Waals surface area contributed by atoms with Gasteiger partial charge in [-0.1, -0.05) is 23.7 Å². The van der Waals surface area contributed by atoms with E-state index in [4.69, 9.17) is 11.6 Å². The molecule has 0 spiro atoms. The molecule has 124 valence electrons. The number of aromatic hydroxyl groups is 1. The molecule has 2 N–H and O–H groups in total. The number of benzene rings is 2. The summed E-state index contributed by atoms with van der Waals surface area (Å²) in [6, 6.07) is 16.6. The lowest BCUT2D eigenvalue weighted by molar-refractivity contribution is 0.475. The van der Waals surface area contributed by atoms with Gasteiger partial charge in [-0.25, -0.2) is 9.97 Å². The van der Waals surface area contributed by atoms with Crippen molar-refractivity contribution in [2.45, 2.75) is 0 Å². The number of halogens is 1. The first-order chi connectivity index (χ1) is 12.1. The SMILES string of the molecule is Cn1c(-c2ccc(O)cc2)cc2c(Nc3ccccc3Cl)ncnc21. The predicted octanol–water partition coefficient (Wildman–Crippen LogP) is 4.74. The second-order valence-corrected chi connectivity index (χ2v) is 6.11. The molecule has 0 aliphatic heterocycles. The highest BCUT2D eigenvalue weighted by atomic mass is 35.5. The fourth-order valence-electron chi connectivity index (χ4n) is 2.83. The molecule has 0 saturated heterocycles. The van der Waals surface area contributed by atoms with Crippen LogP contribution in [-0.2, 0) is 7.05 Å². The van der Waals surface area contributed by atoms with E-state index in [2.05, 4.69) is 15.3 Å². The van der Waals surface area contributed by atoms with E-state index in [0.29, 0.717) is 10.8 Å². The van der Waals surface area contributed by atoms with Gasteiger partial charge >= 0.3 is 0 Å². The number of para-hydroxylation sites is 1. The lowest BCUT2D eigenvalue weighted by Gasteiger charge is -2.08. The van der Waals surface area contributed by atoms with Crippen molar-refractivity contribution in [3.05, 3.63) is 65.9 Å². The summed E-state index contributed by atoms with van der Waals surface area (Å²) in [6.07, 6.45) is 1.53. The number of anilines is 2. The number of aryl methyl sites for hydroxylation is 1. The highest BCUT2D eigenvalue weighted by Crippen LogP contribution is 2.32. The lowest BCUT2D eigenvalue weighted by Crippen LogP contribution is -1.97. The van der Waals surface area contributed by atoms with E-state index in [1.54, 1.807) is 12.1 Å². The van der Waals surface area contributed by atoms with Gasteiger partial charge in [-0.3, -0.25) is 0 Å². The van der Waals surface area contributed by atoms with Gasteiger partial charge in [0.2, 0.25) is 0 Å². The van der Waals surface area contributed by atoms with Crippen molar-refractivity contribution < 1.29 is 5.11 Å². The Kier molecular flexibility index (Phi) is 3.78. The Bertz CT molecular complexity index is 1060. The molecule has 4 rings (SSSR count). The average molecular weight is 351 g/mol. The van der Waals surface area contributed by atoms with Crippen LogP contribution in [0.4, 0.5) is 11.5 Å². The van der Waals surface area contributed by atoms with E-state index in [1.807, 2.05) is 54.1 Å². The predicted molar refractivity (Wildman–Crippen MR) is 100 cm³/mol. The monoisotopic (exact) mass is 350 g/mol. The molecule has 0 unspecified atom stereocenters. The molecule has 0 aliphatic rings. The Balaban J connectivity index is 1.83. The molecule has 0 radical (unpaired) electrons. The minimum absolute atomic E-state index is 0.239. The third-order valence-corrected chi connectivity index (χ3v) is 4.44. The maximum atomic E-state index is 9.50. The molecule has 25 heavy (non-hydrogen) atoms. The third kappa shape index (κ3) is 2.79. The number of aromatic nitrogens is 3. The molecule has 0 aliphatic carbocycles. The second kappa shape index (κ2) is 6.11. The van der Waals surface area contributed by atoms with E-state index in [1.165, 1.54) is 6.33 Å². The van der Waals surface area contributed by atoms with Crippen molar-refractivity contribution in [3.8, 4) is 17.0 Å². The molecule has 2 aromatic heterocycles. The number of nitrogens with zero attached hydrogens (tertiary/aromatic N) is 3. The number of hydrogen-bond donors (Lipinski definition) is 2. The number of phenols is 1. The summed E-state index contributed by atoms with van der Waals surface area (Å²) in [5.41, 5.74) is 3.58. The van der Waals surface area contributed by atoms with Crippen molar-refractivity contribution in [3.63, 3.8) is 0 Å². The summed E-state index contributed by atoms with van der Waals surface area (Å²) in [5, 5.41) is 14.3. The lowest BCUT2D eigenvalue weighted by atomic mass is 10.1. The van der Waals surface area contributed by atoms with Crippen molar-refractivity contribution in [2.24, 2.45) is 7.05 Å². The molecule has 0 atom stereocenters. The normalized spacial score (nSPS) is 11.0. The maximum absolute atomic E-state index is 9.50. The molecule has 0 amide bonds. The summed E-state index contributed by atoms with van der Waals surface area (Å²) < 4.78 is 2.00. The Hall–Kier alpha value is -3.05. The fourth-order valence-corrected chi connectivity index (χ4v) is 3.02. The molecule has 0 bridgehead atoms. The Labute approximate surface area is 149 Å². The van der Waals surface area contributed by atoms with Crippen LogP contribution in [0.1, 0.15) is 0 Å². The quantitative estimate of drug-likeness (QED) is 0.560. The van der Waals surface area contributed by atoms with Crippen molar-refractivity contribution in [2.75, 3.05) is 5.32 Å². The Morgan fingerprint density at radius 3 is 2.56 bits per heavy atom. The van der Waals surface area contributed by atoms with Gasteiger partial charge in [0, 0.05) is 7.05 Å². The standard InChI is InChI=1S/C19H15ClN4O/c1-24-17(12-6-8-13(25)9-7-12)10-14-18(21-11-22-19(14)24)23-16-5-3-2-4-15(16)20/h2-11,25H,1H3,(H,21,22,23). The van der Waals surface area contributed by atoms with Crippen LogP contribution in [-0.4, -0.2) is 19.6 Å². The first-order valence-electron chi connectivity index (χ1n) is 7.75. The summed E-state index contributed by atoms with van der Waals surface area (Å²) in [7, 11) is 1.96. The molecule has 2 aromatic carbocycles. The molecular weight excluding hydrogens is 336 g/mol. The number of fused-ring (bicyclic) bond motifs is 1. The molecule has 5 nitrogen and oxygen atoms in total. The van der Waals surface area contributed by atoms with Crippen molar-refractivity contribution in [1.29, 1.82) is 0 Å². The summed E-state index contributed by atoms with van der Waals surface area (Å²) in [5.74, 6) is 0.933. The zero-order valence-corrected chi connectivity index (χ0v) is 14.2. The minimum atomic E-state index is 0.239. The van der Waals surface area contributed by atoms with E-state index < -0.39 is 0 Å². The number of phenolic OH excluding ortho intramolecular Hbond substituents is 1. The zero-order chi connectivity index (χ0) is 17.4. The van der Waals surface area contributed by atoms with Gasteiger partial charge in [-0.15, -0.1) is 0 Å². The number of nitrogens with one attached hydrogen (secondary N) is 1. The van der Waals surface area contributed by atoms with Gasteiger partial charge in [0.25, 0.3) is 0 Å². The molecule has 0 fully saturated rings. The average Bonchev–Trinajstić information content (AvgIpc) is 2.96. The smallest absolute Gasteiger partial charge is 0.145 e. The Morgan fingerprint density at radius 2 is 1.80 bits per heavy atom.